The summed E-state index contributed by atoms with van der Waals surface area (Å²) in [6.45, 7) is 2.85. The highest BCUT2D eigenvalue weighted by Crippen LogP contribution is 2.42. The molecule has 2 aromatic rings. The number of thioether (sulfide) groups is 1. The van der Waals surface area contributed by atoms with Crippen LogP contribution in [0, 0.1) is 0 Å². The van der Waals surface area contributed by atoms with Crippen LogP contribution in [0.15, 0.2) is 29.1 Å². The predicted molar refractivity (Wildman–Crippen MR) is 117 cm³/mol. The number of anilines is 1. The Bertz CT molecular complexity index is 897. The van der Waals surface area contributed by atoms with Crippen LogP contribution < -0.4 is 15.6 Å². The summed E-state index contributed by atoms with van der Waals surface area (Å²) in [4.78, 5) is 25.3. The van der Waals surface area contributed by atoms with Crippen LogP contribution in [-0.4, -0.2) is 28.0 Å². The minimum absolute atomic E-state index is 0.0539. The van der Waals surface area contributed by atoms with Crippen LogP contribution in [0.2, 0.25) is 0 Å². The lowest BCUT2D eigenvalue weighted by Crippen LogP contribution is -2.21. The summed E-state index contributed by atoms with van der Waals surface area (Å²) in [6.07, 6.45) is 7.75. The Labute approximate surface area is 175 Å². The summed E-state index contributed by atoms with van der Waals surface area (Å²) < 4.78 is 7.69. The van der Waals surface area contributed by atoms with Gasteiger partial charge in [-0.25, -0.2) is 0 Å². The van der Waals surface area contributed by atoms with Gasteiger partial charge in [0.1, 0.15) is 11.6 Å². The van der Waals surface area contributed by atoms with Crippen LogP contribution in [0.3, 0.4) is 0 Å². The number of amides is 1. The van der Waals surface area contributed by atoms with Gasteiger partial charge in [0.2, 0.25) is 5.91 Å². The van der Waals surface area contributed by atoms with E-state index in [0.29, 0.717) is 23.7 Å². The highest BCUT2D eigenvalue weighted by Gasteiger charge is 2.32. The molecule has 4 rings (SSSR count). The van der Waals surface area contributed by atoms with Gasteiger partial charge in [-0.2, -0.15) is 0 Å². The third kappa shape index (κ3) is 4.39. The van der Waals surface area contributed by atoms with E-state index in [4.69, 9.17) is 4.74 Å². The Kier molecular flexibility index (Phi) is 6.33. The van der Waals surface area contributed by atoms with E-state index < -0.39 is 0 Å². The molecule has 0 bridgehead atoms. The first-order valence-corrected chi connectivity index (χ1v) is 11.7. The van der Waals surface area contributed by atoms with Crippen LogP contribution in [0.4, 0.5) is 5.82 Å². The Morgan fingerprint density at radius 3 is 2.62 bits per heavy atom. The van der Waals surface area contributed by atoms with Gasteiger partial charge in [0.05, 0.1) is 29.2 Å². The number of rotatable bonds is 6. The van der Waals surface area contributed by atoms with Crippen molar-refractivity contribution in [1.29, 1.82) is 0 Å². The lowest BCUT2D eigenvalue weighted by molar-refractivity contribution is -0.113. The molecule has 1 aromatic carbocycles. The molecule has 2 aliphatic rings. The number of hydrogen-bond acceptors (Lipinski definition) is 4. The zero-order valence-corrected chi connectivity index (χ0v) is 17.7. The first kappa shape index (κ1) is 20.1. The molecule has 0 spiro atoms. The molecular weight excluding hydrogens is 386 g/mol. The Morgan fingerprint density at radius 2 is 1.90 bits per heavy atom. The van der Waals surface area contributed by atoms with E-state index in [1.165, 1.54) is 18.2 Å². The van der Waals surface area contributed by atoms with Crippen molar-refractivity contribution in [1.82, 2.24) is 9.78 Å². The van der Waals surface area contributed by atoms with Crippen molar-refractivity contribution in [2.75, 3.05) is 17.7 Å². The molecule has 156 valence electrons. The molecule has 2 heterocycles. The van der Waals surface area contributed by atoms with Crippen molar-refractivity contribution in [3.05, 3.63) is 45.7 Å². The Hall–Kier alpha value is -2.15. The molecule has 1 amide bonds. The largest absolute Gasteiger partial charge is 0.494 e. The van der Waals surface area contributed by atoms with E-state index >= 15 is 0 Å². The first-order chi connectivity index (χ1) is 14.2. The zero-order valence-electron chi connectivity index (χ0n) is 16.9. The number of nitrogens with one attached hydrogen (secondary N) is 2. The lowest BCUT2D eigenvalue weighted by Gasteiger charge is -2.24. The summed E-state index contributed by atoms with van der Waals surface area (Å²) in [7, 11) is 0. The number of hydrogen-bond donors (Lipinski definition) is 2. The van der Waals surface area contributed by atoms with Gasteiger partial charge >= 0.3 is 0 Å². The second-order valence-electron chi connectivity index (χ2n) is 7.88. The van der Waals surface area contributed by atoms with Crippen molar-refractivity contribution in [2.24, 2.45) is 0 Å². The quantitative estimate of drug-likeness (QED) is 0.674. The van der Waals surface area contributed by atoms with Gasteiger partial charge in [0, 0.05) is 0 Å². The van der Waals surface area contributed by atoms with E-state index in [9.17, 15) is 9.59 Å². The maximum absolute atomic E-state index is 12.9. The SMILES string of the molecule is CCCCOc1ccc([C@@H]2SCC(=O)Nc3c2c(=O)[nH]n3C2CCCCC2)cc1. The van der Waals surface area contributed by atoms with Gasteiger partial charge in [-0.15, -0.1) is 11.8 Å². The van der Waals surface area contributed by atoms with E-state index in [-0.39, 0.29) is 22.8 Å². The molecule has 1 aliphatic heterocycles. The average Bonchev–Trinajstić information content (AvgIpc) is 2.95. The fourth-order valence-electron chi connectivity index (χ4n) is 4.19. The fourth-order valence-corrected chi connectivity index (χ4v) is 5.32. The number of H-pyrrole nitrogens is 1. The van der Waals surface area contributed by atoms with Gasteiger partial charge in [-0.1, -0.05) is 44.7 Å². The van der Waals surface area contributed by atoms with Crippen molar-refractivity contribution in [2.45, 2.75) is 63.2 Å². The third-order valence-electron chi connectivity index (χ3n) is 5.75. The van der Waals surface area contributed by atoms with Crippen molar-refractivity contribution in [3.63, 3.8) is 0 Å². The summed E-state index contributed by atoms with van der Waals surface area (Å²) in [5.41, 5.74) is 1.57. The van der Waals surface area contributed by atoms with Crippen molar-refractivity contribution < 1.29 is 9.53 Å². The maximum Gasteiger partial charge on any atom is 0.270 e. The number of carbonyl (C=O) groups excluding carboxylic acids is 1. The molecule has 29 heavy (non-hydrogen) atoms. The van der Waals surface area contributed by atoms with Crippen LogP contribution in [-0.2, 0) is 4.79 Å². The van der Waals surface area contributed by atoms with Crippen LogP contribution in [0.5, 0.6) is 5.75 Å². The van der Waals surface area contributed by atoms with Crippen LogP contribution in [0.25, 0.3) is 0 Å². The number of aromatic amines is 1. The first-order valence-electron chi connectivity index (χ1n) is 10.7. The maximum atomic E-state index is 12.9. The second-order valence-corrected chi connectivity index (χ2v) is 8.97. The minimum Gasteiger partial charge on any atom is -0.494 e. The van der Waals surface area contributed by atoms with E-state index in [2.05, 4.69) is 17.3 Å². The van der Waals surface area contributed by atoms with E-state index in [1.807, 2.05) is 28.9 Å². The second kappa shape index (κ2) is 9.11. The molecule has 1 fully saturated rings. The number of aromatic nitrogens is 2. The standard InChI is InChI=1S/C22H29N3O3S/c1-2-3-13-28-17-11-9-15(10-12-17)20-19-21(23-18(26)14-29-20)25(24-22(19)27)16-7-5-4-6-8-16/h9-12,16,20H,2-8,13-14H2,1H3,(H,23,26)(H,24,27)/t20-/m0/s1. The summed E-state index contributed by atoms with van der Waals surface area (Å²) in [5, 5.41) is 5.85. The third-order valence-corrected chi connectivity index (χ3v) is 7.02. The fraction of sp³-hybridized carbons (Fsp3) is 0.545. The number of benzene rings is 1. The molecule has 1 aliphatic carbocycles. The average molecular weight is 416 g/mol. The molecule has 1 saturated carbocycles. The molecule has 2 N–H and O–H groups in total. The van der Waals surface area contributed by atoms with Gasteiger partial charge in [-0.3, -0.25) is 19.4 Å². The lowest BCUT2D eigenvalue weighted by atomic mass is 9.95. The molecule has 0 unspecified atom stereocenters. The number of carbonyl (C=O) groups is 1. The Balaban J connectivity index is 1.65. The summed E-state index contributed by atoms with van der Waals surface area (Å²) in [6, 6.07) is 8.18. The number of ether oxygens (including phenoxy) is 1. The van der Waals surface area contributed by atoms with Crippen molar-refractivity contribution in [3.8, 4) is 5.75 Å². The van der Waals surface area contributed by atoms with Gasteiger partial charge < -0.3 is 10.1 Å². The van der Waals surface area contributed by atoms with E-state index in [0.717, 1.165) is 49.8 Å². The molecule has 7 heteroatoms. The molecule has 6 nitrogen and oxygen atoms in total. The van der Waals surface area contributed by atoms with Crippen LogP contribution in [0.1, 0.15) is 74.3 Å². The van der Waals surface area contributed by atoms with Gasteiger partial charge in [-0.05, 0) is 37.0 Å². The number of nitrogens with zero attached hydrogens (tertiary/aromatic N) is 1. The monoisotopic (exact) mass is 415 g/mol. The number of unbranched alkanes of at least 4 members (excludes halogenated alkanes) is 1. The van der Waals surface area contributed by atoms with Crippen molar-refractivity contribution >= 4 is 23.5 Å². The highest BCUT2D eigenvalue weighted by molar-refractivity contribution is 8.00. The smallest absolute Gasteiger partial charge is 0.270 e. The molecule has 1 aromatic heterocycles. The van der Waals surface area contributed by atoms with Gasteiger partial charge in [0.25, 0.3) is 5.56 Å². The molecular formula is C22H29N3O3S. The Morgan fingerprint density at radius 1 is 1.14 bits per heavy atom. The normalized spacial score (nSPS) is 20.0. The van der Waals surface area contributed by atoms with Crippen LogP contribution >= 0.6 is 11.8 Å². The zero-order chi connectivity index (χ0) is 20.2. The van der Waals surface area contributed by atoms with Gasteiger partial charge in [0.15, 0.2) is 0 Å². The topological polar surface area (TPSA) is 76.1 Å². The summed E-state index contributed by atoms with van der Waals surface area (Å²) in [5.74, 6) is 1.77. The molecule has 1 atom stereocenters. The number of fused-ring (bicyclic) bond motifs is 1. The van der Waals surface area contributed by atoms with E-state index in [1.54, 1.807) is 0 Å². The molecule has 0 saturated heterocycles. The summed E-state index contributed by atoms with van der Waals surface area (Å²) >= 11 is 1.50. The minimum atomic E-state index is -0.178. The highest BCUT2D eigenvalue weighted by atomic mass is 32.2. The molecule has 0 radical (unpaired) electrons. The predicted octanol–water partition coefficient (Wildman–Crippen LogP) is 4.64.